The summed E-state index contributed by atoms with van der Waals surface area (Å²) in [6, 6.07) is 5.15. The molecule has 2 rings (SSSR count). The summed E-state index contributed by atoms with van der Waals surface area (Å²) >= 11 is 18.8. The lowest BCUT2D eigenvalue weighted by Gasteiger charge is -2.20. The number of hydrogen-bond acceptors (Lipinski definition) is 3. The normalized spacial score (nSPS) is 15.9. The number of thioether (sulfide) groups is 1. The maximum atomic E-state index is 12.2. The number of carbonyl (C=O) groups excluding carboxylic acids is 1. The van der Waals surface area contributed by atoms with E-state index in [1.54, 1.807) is 18.2 Å². The van der Waals surface area contributed by atoms with Crippen molar-refractivity contribution in [1.29, 1.82) is 0 Å². The van der Waals surface area contributed by atoms with E-state index in [0.29, 0.717) is 15.7 Å². The number of halogens is 2. The van der Waals surface area contributed by atoms with Gasteiger partial charge in [0.25, 0.3) is 0 Å². The van der Waals surface area contributed by atoms with E-state index in [-0.39, 0.29) is 11.2 Å². The second-order valence-electron chi connectivity index (χ2n) is 4.81. The van der Waals surface area contributed by atoms with Crippen LogP contribution >= 0.6 is 47.2 Å². The summed E-state index contributed by atoms with van der Waals surface area (Å²) in [6.45, 7) is 3.81. The molecule has 1 N–H and O–H groups in total. The van der Waals surface area contributed by atoms with Gasteiger partial charge in [-0.25, -0.2) is 0 Å². The summed E-state index contributed by atoms with van der Waals surface area (Å²) in [5, 5.41) is 3.28. The third-order valence-corrected chi connectivity index (χ3v) is 5.61. The van der Waals surface area contributed by atoms with E-state index in [1.165, 1.54) is 24.6 Å². The fourth-order valence-corrected chi connectivity index (χ4v) is 3.78. The second-order valence-corrected chi connectivity index (χ2v) is 7.57. The van der Waals surface area contributed by atoms with Crippen LogP contribution in [0.5, 0.6) is 0 Å². The van der Waals surface area contributed by atoms with E-state index >= 15 is 0 Å². The van der Waals surface area contributed by atoms with E-state index < -0.39 is 0 Å². The Kier molecular flexibility index (Phi) is 6.17. The number of hydrogen-bond donors (Lipinski definition) is 1. The molecular formula is C14H16Cl2N2OS2. The first-order valence-corrected chi connectivity index (χ1v) is 8.74. The maximum Gasteiger partial charge on any atom is 0.237 e. The third kappa shape index (κ3) is 4.49. The first-order valence-electron chi connectivity index (χ1n) is 6.69. The van der Waals surface area contributed by atoms with Gasteiger partial charge >= 0.3 is 0 Å². The highest BCUT2D eigenvalue weighted by Crippen LogP contribution is 2.30. The van der Waals surface area contributed by atoms with Crippen molar-refractivity contribution in [2.24, 2.45) is 0 Å². The van der Waals surface area contributed by atoms with Crippen LogP contribution in [0.25, 0.3) is 0 Å². The quantitative estimate of drug-likeness (QED) is 0.805. The van der Waals surface area contributed by atoms with Gasteiger partial charge < -0.3 is 10.2 Å². The van der Waals surface area contributed by atoms with Crippen molar-refractivity contribution in [2.75, 3.05) is 18.4 Å². The maximum absolute atomic E-state index is 12.2. The number of thiocarbonyl (C=S) groups is 1. The summed E-state index contributed by atoms with van der Waals surface area (Å²) in [5.74, 6) is -0.134. The number of carbonyl (C=O) groups is 1. The number of anilines is 1. The Morgan fingerprint density at radius 1 is 1.38 bits per heavy atom. The Morgan fingerprint density at radius 2 is 2.05 bits per heavy atom. The van der Waals surface area contributed by atoms with E-state index in [0.717, 1.165) is 17.4 Å². The van der Waals surface area contributed by atoms with Crippen LogP contribution in [0.15, 0.2) is 18.2 Å². The molecule has 0 bridgehead atoms. The first kappa shape index (κ1) is 16.9. The van der Waals surface area contributed by atoms with Gasteiger partial charge in [-0.15, -0.1) is 0 Å². The van der Waals surface area contributed by atoms with Crippen molar-refractivity contribution >= 4 is 63.1 Å². The van der Waals surface area contributed by atoms with Crippen molar-refractivity contribution in [1.82, 2.24) is 4.90 Å². The summed E-state index contributed by atoms with van der Waals surface area (Å²) in [7, 11) is 0. The highest BCUT2D eigenvalue weighted by molar-refractivity contribution is 8.23. The van der Waals surface area contributed by atoms with E-state index in [9.17, 15) is 4.79 Å². The standard InChI is InChI=1S/C14H16Cl2N2OS2/c1-9(21-14(20)18-7-2-3-8-18)13(19)17-11-6-4-5-10(15)12(11)16/h4-6,9H,2-3,7-8H2,1H3,(H,17,19). The van der Waals surface area contributed by atoms with Crippen molar-refractivity contribution in [3.63, 3.8) is 0 Å². The Labute approximate surface area is 144 Å². The van der Waals surface area contributed by atoms with Crippen molar-refractivity contribution in [3.05, 3.63) is 28.2 Å². The lowest BCUT2D eigenvalue weighted by molar-refractivity contribution is -0.115. The van der Waals surface area contributed by atoms with Gasteiger partial charge in [-0.2, -0.15) is 0 Å². The third-order valence-electron chi connectivity index (χ3n) is 3.22. The van der Waals surface area contributed by atoms with Crippen LogP contribution in [0.3, 0.4) is 0 Å². The molecule has 0 aromatic heterocycles. The van der Waals surface area contributed by atoms with Crippen LogP contribution < -0.4 is 5.32 Å². The molecule has 1 fully saturated rings. The predicted octanol–water partition coefficient (Wildman–Crippen LogP) is 4.43. The molecule has 7 heteroatoms. The molecule has 0 aliphatic carbocycles. The van der Waals surface area contributed by atoms with Crippen LogP contribution in [0, 0.1) is 0 Å². The summed E-state index contributed by atoms with van der Waals surface area (Å²) in [6.07, 6.45) is 2.33. The number of amides is 1. The molecule has 1 aromatic rings. The first-order chi connectivity index (χ1) is 9.99. The van der Waals surface area contributed by atoms with Gasteiger partial charge in [0.1, 0.15) is 4.32 Å². The Hall–Kier alpha value is -0.490. The number of nitrogens with zero attached hydrogens (tertiary/aromatic N) is 1. The van der Waals surface area contributed by atoms with Crippen LogP contribution in [-0.2, 0) is 4.79 Å². The number of likely N-dealkylation sites (tertiary alicyclic amines) is 1. The number of benzene rings is 1. The largest absolute Gasteiger partial charge is 0.358 e. The molecular weight excluding hydrogens is 347 g/mol. The summed E-state index contributed by atoms with van der Waals surface area (Å²) < 4.78 is 0.785. The van der Waals surface area contributed by atoms with Crippen molar-refractivity contribution < 1.29 is 4.79 Å². The molecule has 0 spiro atoms. The lowest BCUT2D eigenvalue weighted by atomic mass is 10.3. The molecule has 1 saturated heterocycles. The van der Waals surface area contributed by atoms with Gasteiger partial charge in [-0.05, 0) is 31.9 Å². The Balaban J connectivity index is 1.93. The second kappa shape index (κ2) is 7.68. The Morgan fingerprint density at radius 3 is 2.71 bits per heavy atom. The molecule has 0 radical (unpaired) electrons. The van der Waals surface area contributed by atoms with Crippen molar-refractivity contribution in [3.8, 4) is 0 Å². The SMILES string of the molecule is CC(SC(=S)N1CCCC1)C(=O)Nc1cccc(Cl)c1Cl. The number of nitrogens with one attached hydrogen (secondary N) is 1. The molecule has 1 aliphatic rings. The minimum Gasteiger partial charge on any atom is -0.358 e. The smallest absolute Gasteiger partial charge is 0.237 e. The molecule has 3 nitrogen and oxygen atoms in total. The average Bonchev–Trinajstić information content (AvgIpc) is 2.98. The molecule has 1 aliphatic heterocycles. The Bertz CT molecular complexity index is 548. The zero-order valence-corrected chi connectivity index (χ0v) is 14.7. The zero-order chi connectivity index (χ0) is 15.4. The minimum atomic E-state index is -0.284. The van der Waals surface area contributed by atoms with Crippen LogP contribution in [-0.4, -0.2) is 33.5 Å². The van der Waals surface area contributed by atoms with E-state index in [1.807, 2.05) is 6.92 Å². The van der Waals surface area contributed by atoms with Gasteiger partial charge in [0.15, 0.2) is 0 Å². The summed E-state index contributed by atoms with van der Waals surface area (Å²) in [4.78, 5) is 14.4. The van der Waals surface area contributed by atoms with Crippen LogP contribution in [0.1, 0.15) is 19.8 Å². The van der Waals surface area contributed by atoms with Crippen LogP contribution in [0.4, 0.5) is 5.69 Å². The van der Waals surface area contributed by atoms with Gasteiger partial charge in [-0.3, -0.25) is 4.79 Å². The molecule has 1 atom stereocenters. The van der Waals surface area contributed by atoms with Gasteiger partial charge in [-0.1, -0.05) is 53.2 Å². The fourth-order valence-electron chi connectivity index (χ4n) is 2.01. The fraction of sp³-hybridized carbons (Fsp3) is 0.429. The van der Waals surface area contributed by atoms with Crippen molar-refractivity contribution in [2.45, 2.75) is 25.0 Å². The van der Waals surface area contributed by atoms with Gasteiger partial charge in [0, 0.05) is 13.1 Å². The molecule has 1 heterocycles. The molecule has 1 aromatic carbocycles. The highest BCUT2D eigenvalue weighted by Gasteiger charge is 2.22. The number of rotatable bonds is 3. The van der Waals surface area contributed by atoms with E-state index in [2.05, 4.69) is 10.2 Å². The molecule has 1 unspecified atom stereocenters. The molecule has 21 heavy (non-hydrogen) atoms. The minimum absolute atomic E-state index is 0.134. The summed E-state index contributed by atoms with van der Waals surface area (Å²) in [5.41, 5.74) is 0.522. The van der Waals surface area contributed by atoms with Crippen LogP contribution in [0.2, 0.25) is 10.0 Å². The van der Waals surface area contributed by atoms with E-state index in [4.69, 9.17) is 35.4 Å². The lowest BCUT2D eigenvalue weighted by Crippen LogP contribution is -2.29. The monoisotopic (exact) mass is 362 g/mol. The van der Waals surface area contributed by atoms with Gasteiger partial charge in [0.05, 0.1) is 21.0 Å². The van der Waals surface area contributed by atoms with Gasteiger partial charge in [0.2, 0.25) is 5.91 Å². The zero-order valence-electron chi connectivity index (χ0n) is 11.6. The molecule has 114 valence electrons. The molecule has 0 saturated carbocycles. The topological polar surface area (TPSA) is 32.3 Å². The average molecular weight is 363 g/mol. The highest BCUT2D eigenvalue weighted by atomic mass is 35.5. The predicted molar refractivity (Wildman–Crippen MR) is 95.5 cm³/mol. The molecule has 1 amide bonds.